The van der Waals surface area contributed by atoms with E-state index >= 15 is 0 Å². The minimum atomic E-state index is 0.768. The van der Waals surface area contributed by atoms with E-state index in [9.17, 15) is 0 Å². The average molecular weight is 397 g/mol. The molecule has 0 radical (unpaired) electrons. The molecule has 0 spiro atoms. The minimum Gasteiger partial charge on any atom is -0.0917 e. The van der Waals surface area contributed by atoms with E-state index in [2.05, 4.69) is 86.7 Å². The van der Waals surface area contributed by atoms with Gasteiger partial charge in [-0.05, 0) is 96.4 Å². The quantitative estimate of drug-likeness (QED) is 0.349. The van der Waals surface area contributed by atoms with Crippen LogP contribution in [0.2, 0.25) is 0 Å². The summed E-state index contributed by atoms with van der Waals surface area (Å²) in [7, 11) is 0. The molecule has 0 amide bonds. The van der Waals surface area contributed by atoms with Crippen molar-refractivity contribution in [3.8, 4) is 11.1 Å². The second kappa shape index (κ2) is 10.1. The summed E-state index contributed by atoms with van der Waals surface area (Å²) < 4.78 is 0. The van der Waals surface area contributed by atoms with Gasteiger partial charge in [0.25, 0.3) is 0 Å². The Hall–Kier alpha value is -2.34. The summed E-state index contributed by atoms with van der Waals surface area (Å²) in [6.45, 7) is 4.41. The van der Waals surface area contributed by atoms with Gasteiger partial charge in [-0.25, -0.2) is 0 Å². The first-order valence-corrected chi connectivity index (χ1v) is 12.0. The monoisotopic (exact) mass is 396 g/mol. The van der Waals surface area contributed by atoms with E-state index in [-0.39, 0.29) is 0 Å². The van der Waals surface area contributed by atoms with Gasteiger partial charge in [-0.3, -0.25) is 0 Å². The highest BCUT2D eigenvalue weighted by Crippen LogP contribution is 2.38. The highest BCUT2D eigenvalue weighted by molar-refractivity contribution is 5.87. The zero-order valence-electron chi connectivity index (χ0n) is 18.7. The van der Waals surface area contributed by atoms with Crippen LogP contribution in [0.4, 0.5) is 0 Å². The first-order valence-electron chi connectivity index (χ1n) is 12.0. The summed E-state index contributed by atoms with van der Waals surface area (Å²) in [6, 6.07) is 23.3. The lowest BCUT2D eigenvalue weighted by molar-refractivity contribution is 0.308. The molecule has 1 saturated carbocycles. The Balaban J connectivity index is 1.45. The summed E-state index contributed by atoms with van der Waals surface area (Å²) in [6.07, 6.45) is 15.0. The summed E-state index contributed by atoms with van der Waals surface area (Å²) >= 11 is 0. The van der Waals surface area contributed by atoms with Crippen LogP contribution in [0, 0.1) is 5.92 Å². The van der Waals surface area contributed by atoms with E-state index in [1.165, 1.54) is 66.0 Å². The first kappa shape index (κ1) is 20.9. The van der Waals surface area contributed by atoms with Gasteiger partial charge in [0.15, 0.2) is 0 Å². The van der Waals surface area contributed by atoms with E-state index in [4.69, 9.17) is 0 Å². The van der Waals surface area contributed by atoms with Crippen molar-refractivity contribution in [1.29, 1.82) is 0 Å². The lowest BCUT2D eigenvalue weighted by atomic mass is 9.77. The molecule has 3 aromatic rings. The summed E-state index contributed by atoms with van der Waals surface area (Å²) in [5.74, 6) is 1.75. The second-order valence-corrected chi connectivity index (χ2v) is 9.13. The molecular formula is C30H36. The molecule has 156 valence electrons. The van der Waals surface area contributed by atoms with Gasteiger partial charge in [0.1, 0.15) is 0 Å². The summed E-state index contributed by atoms with van der Waals surface area (Å²) in [5, 5.41) is 2.68. The number of benzene rings is 3. The van der Waals surface area contributed by atoms with Crippen molar-refractivity contribution in [1.82, 2.24) is 0 Å². The van der Waals surface area contributed by atoms with E-state index in [1.54, 1.807) is 5.56 Å². The predicted octanol–water partition coefficient (Wildman–Crippen LogP) is 9.09. The SMILES string of the molecule is C/C=C/CCc1ccc2cc(-c3ccc(C4CCC(CCC)CC4)cc3)ccc2c1. The molecule has 0 aromatic heterocycles. The smallest absolute Gasteiger partial charge is 0.0162 e. The van der Waals surface area contributed by atoms with Crippen LogP contribution in [-0.2, 0) is 6.42 Å². The molecule has 0 aliphatic heterocycles. The highest BCUT2D eigenvalue weighted by Gasteiger charge is 2.21. The van der Waals surface area contributed by atoms with Gasteiger partial charge in [0.05, 0.1) is 0 Å². The van der Waals surface area contributed by atoms with Gasteiger partial charge in [-0.2, -0.15) is 0 Å². The number of allylic oxidation sites excluding steroid dienone is 2. The third kappa shape index (κ3) is 5.04. The Bertz CT molecular complexity index is 969. The van der Waals surface area contributed by atoms with Crippen molar-refractivity contribution in [3.05, 3.63) is 83.9 Å². The fourth-order valence-corrected chi connectivity index (χ4v) is 5.19. The van der Waals surface area contributed by atoms with Crippen molar-refractivity contribution in [2.45, 2.75) is 71.1 Å². The molecule has 0 bridgehead atoms. The fourth-order valence-electron chi connectivity index (χ4n) is 5.19. The van der Waals surface area contributed by atoms with E-state index in [0.717, 1.165) is 24.7 Å². The molecule has 1 aliphatic carbocycles. The zero-order valence-corrected chi connectivity index (χ0v) is 18.7. The van der Waals surface area contributed by atoms with Crippen molar-refractivity contribution in [3.63, 3.8) is 0 Å². The van der Waals surface area contributed by atoms with Crippen LogP contribution in [0.25, 0.3) is 21.9 Å². The number of hydrogen-bond donors (Lipinski definition) is 0. The van der Waals surface area contributed by atoms with Gasteiger partial charge in [-0.1, -0.05) is 86.5 Å². The molecule has 0 nitrogen and oxygen atoms in total. The Morgan fingerprint density at radius 3 is 2.23 bits per heavy atom. The molecular weight excluding hydrogens is 360 g/mol. The maximum absolute atomic E-state index is 2.38. The van der Waals surface area contributed by atoms with Crippen LogP contribution < -0.4 is 0 Å². The third-order valence-electron chi connectivity index (χ3n) is 7.00. The molecule has 0 unspecified atom stereocenters. The number of hydrogen-bond acceptors (Lipinski definition) is 0. The molecule has 0 N–H and O–H groups in total. The average Bonchev–Trinajstić information content (AvgIpc) is 2.80. The van der Waals surface area contributed by atoms with Gasteiger partial charge in [0, 0.05) is 0 Å². The van der Waals surface area contributed by atoms with Crippen molar-refractivity contribution in [2.24, 2.45) is 5.92 Å². The summed E-state index contributed by atoms with van der Waals surface area (Å²) in [5.41, 5.74) is 5.62. The molecule has 30 heavy (non-hydrogen) atoms. The number of rotatable bonds is 7. The van der Waals surface area contributed by atoms with E-state index < -0.39 is 0 Å². The van der Waals surface area contributed by atoms with E-state index in [0.29, 0.717) is 0 Å². The molecule has 3 aromatic carbocycles. The molecule has 0 heterocycles. The fraction of sp³-hybridized carbons (Fsp3) is 0.400. The first-order chi connectivity index (χ1) is 14.8. The van der Waals surface area contributed by atoms with Crippen LogP contribution in [0.1, 0.15) is 75.8 Å². The van der Waals surface area contributed by atoms with Crippen LogP contribution >= 0.6 is 0 Å². The van der Waals surface area contributed by atoms with Crippen LogP contribution in [0.5, 0.6) is 0 Å². The van der Waals surface area contributed by atoms with E-state index in [1.807, 2.05) is 0 Å². The topological polar surface area (TPSA) is 0 Å². The molecule has 0 saturated heterocycles. The Morgan fingerprint density at radius 2 is 1.50 bits per heavy atom. The lowest BCUT2D eigenvalue weighted by Crippen LogP contribution is -2.13. The predicted molar refractivity (Wildman–Crippen MR) is 132 cm³/mol. The Morgan fingerprint density at radius 1 is 0.800 bits per heavy atom. The molecule has 0 atom stereocenters. The van der Waals surface area contributed by atoms with Gasteiger partial charge in [0.2, 0.25) is 0 Å². The van der Waals surface area contributed by atoms with Crippen molar-refractivity contribution >= 4 is 10.8 Å². The van der Waals surface area contributed by atoms with Crippen LogP contribution in [0.15, 0.2) is 72.8 Å². The van der Waals surface area contributed by atoms with Gasteiger partial charge < -0.3 is 0 Å². The summed E-state index contributed by atoms with van der Waals surface area (Å²) in [4.78, 5) is 0. The van der Waals surface area contributed by atoms with Crippen molar-refractivity contribution in [2.75, 3.05) is 0 Å². The zero-order chi connectivity index (χ0) is 20.8. The maximum Gasteiger partial charge on any atom is -0.0162 e. The van der Waals surface area contributed by atoms with Crippen LogP contribution in [-0.4, -0.2) is 0 Å². The molecule has 4 rings (SSSR count). The molecule has 1 fully saturated rings. The Labute approximate surface area is 183 Å². The second-order valence-electron chi connectivity index (χ2n) is 9.13. The molecule has 0 heteroatoms. The normalized spacial score (nSPS) is 19.5. The van der Waals surface area contributed by atoms with Gasteiger partial charge in [-0.15, -0.1) is 0 Å². The van der Waals surface area contributed by atoms with Crippen molar-refractivity contribution < 1.29 is 0 Å². The standard InChI is InChI=1S/C30H36/c1-3-5-6-8-24-11-14-30-22-29(20-19-28(30)21-24)27-17-15-26(16-18-27)25-12-9-23(7-4-2)10-13-25/h3,5,11,14-23,25H,4,6-10,12-13H2,1-2H3/b5-3+. The maximum atomic E-state index is 2.38. The third-order valence-corrected chi connectivity index (χ3v) is 7.00. The van der Waals surface area contributed by atoms with Gasteiger partial charge >= 0.3 is 0 Å². The lowest BCUT2D eigenvalue weighted by Gasteiger charge is -2.28. The highest BCUT2D eigenvalue weighted by atomic mass is 14.3. The largest absolute Gasteiger partial charge is 0.0917 e. The Kier molecular flexibility index (Phi) is 7.05. The van der Waals surface area contributed by atoms with Crippen LogP contribution in [0.3, 0.4) is 0 Å². The molecule has 1 aliphatic rings. The minimum absolute atomic E-state index is 0.768. The number of aryl methyl sites for hydroxylation is 1. The number of fused-ring (bicyclic) bond motifs is 1.